The monoisotopic (exact) mass is 249 g/mol. The summed E-state index contributed by atoms with van der Waals surface area (Å²) in [6, 6.07) is 6.47. The summed E-state index contributed by atoms with van der Waals surface area (Å²) in [7, 11) is 0. The predicted molar refractivity (Wildman–Crippen MR) is 65.6 cm³/mol. The van der Waals surface area contributed by atoms with Crippen molar-refractivity contribution in [2.45, 2.75) is 18.6 Å². The molecular weight excluding hydrogens is 237 g/mol. The first-order valence-electron chi connectivity index (χ1n) is 5.48. The van der Waals surface area contributed by atoms with Gasteiger partial charge in [-0.2, -0.15) is 11.3 Å². The smallest absolute Gasteiger partial charge is 0.127 e. The van der Waals surface area contributed by atoms with Crippen LogP contribution in [0.2, 0.25) is 0 Å². The normalized spacial score (nSPS) is 22.9. The molecule has 2 atom stereocenters. The average molecular weight is 249 g/mol. The maximum atomic E-state index is 13.2. The SMILES string of the molecule is N[C@@H]1CC(c2ccsc2)Oc2cc(F)ccc21. The van der Waals surface area contributed by atoms with Crippen molar-refractivity contribution in [1.29, 1.82) is 0 Å². The van der Waals surface area contributed by atoms with E-state index in [1.165, 1.54) is 12.1 Å². The maximum absolute atomic E-state index is 13.2. The quantitative estimate of drug-likeness (QED) is 0.840. The Morgan fingerprint density at radius 2 is 2.24 bits per heavy atom. The summed E-state index contributed by atoms with van der Waals surface area (Å²) in [5.41, 5.74) is 8.09. The molecule has 17 heavy (non-hydrogen) atoms. The lowest BCUT2D eigenvalue weighted by atomic mass is 9.95. The van der Waals surface area contributed by atoms with Crippen molar-refractivity contribution in [1.82, 2.24) is 0 Å². The van der Waals surface area contributed by atoms with Crippen LogP contribution in [0.25, 0.3) is 0 Å². The van der Waals surface area contributed by atoms with E-state index in [0.717, 1.165) is 17.5 Å². The van der Waals surface area contributed by atoms with E-state index in [4.69, 9.17) is 10.5 Å². The minimum atomic E-state index is -0.290. The van der Waals surface area contributed by atoms with Crippen LogP contribution in [0.1, 0.15) is 29.7 Å². The highest BCUT2D eigenvalue weighted by molar-refractivity contribution is 7.07. The van der Waals surface area contributed by atoms with Crippen LogP contribution in [0.15, 0.2) is 35.0 Å². The molecule has 4 heteroatoms. The highest BCUT2D eigenvalue weighted by atomic mass is 32.1. The van der Waals surface area contributed by atoms with Crippen LogP contribution in [0, 0.1) is 5.82 Å². The lowest BCUT2D eigenvalue weighted by Crippen LogP contribution is -2.23. The van der Waals surface area contributed by atoms with Gasteiger partial charge in [0.05, 0.1) is 0 Å². The third-order valence-corrected chi connectivity index (χ3v) is 3.73. The van der Waals surface area contributed by atoms with E-state index in [1.807, 2.05) is 16.8 Å². The zero-order valence-electron chi connectivity index (χ0n) is 9.10. The number of thiophene rings is 1. The van der Waals surface area contributed by atoms with E-state index in [0.29, 0.717) is 5.75 Å². The number of benzene rings is 1. The molecule has 1 aromatic heterocycles. The van der Waals surface area contributed by atoms with Gasteiger partial charge in [0.2, 0.25) is 0 Å². The highest BCUT2D eigenvalue weighted by Crippen LogP contribution is 2.40. The standard InChI is InChI=1S/C13H12FNOS/c14-9-1-2-10-11(15)6-12(16-13(10)5-9)8-3-4-17-7-8/h1-5,7,11-12H,6,15H2/t11-,12?/m1/s1. The number of fused-ring (bicyclic) bond motifs is 1. The number of ether oxygens (including phenoxy) is 1. The van der Waals surface area contributed by atoms with Gasteiger partial charge in [0, 0.05) is 29.7 Å². The van der Waals surface area contributed by atoms with Gasteiger partial charge in [0.1, 0.15) is 17.7 Å². The van der Waals surface area contributed by atoms with Crippen molar-refractivity contribution in [3.8, 4) is 5.75 Å². The van der Waals surface area contributed by atoms with Crippen LogP contribution < -0.4 is 10.5 Å². The van der Waals surface area contributed by atoms with E-state index in [-0.39, 0.29) is 18.0 Å². The molecule has 0 bridgehead atoms. The van der Waals surface area contributed by atoms with Crippen molar-refractivity contribution in [2.24, 2.45) is 5.73 Å². The maximum Gasteiger partial charge on any atom is 0.127 e. The molecule has 0 spiro atoms. The van der Waals surface area contributed by atoms with E-state index in [2.05, 4.69) is 0 Å². The van der Waals surface area contributed by atoms with Crippen LogP contribution in [-0.2, 0) is 0 Å². The minimum Gasteiger partial charge on any atom is -0.485 e. The van der Waals surface area contributed by atoms with Gasteiger partial charge in [-0.3, -0.25) is 0 Å². The van der Waals surface area contributed by atoms with Gasteiger partial charge in [0.15, 0.2) is 0 Å². The molecule has 88 valence electrons. The fraction of sp³-hybridized carbons (Fsp3) is 0.231. The van der Waals surface area contributed by atoms with E-state index in [1.54, 1.807) is 17.4 Å². The van der Waals surface area contributed by atoms with Crippen molar-refractivity contribution in [3.05, 3.63) is 52.0 Å². The molecule has 2 aromatic rings. The zero-order chi connectivity index (χ0) is 11.8. The van der Waals surface area contributed by atoms with Gasteiger partial charge in [-0.25, -0.2) is 4.39 Å². The fourth-order valence-electron chi connectivity index (χ4n) is 2.14. The van der Waals surface area contributed by atoms with E-state index in [9.17, 15) is 4.39 Å². The van der Waals surface area contributed by atoms with E-state index >= 15 is 0 Å². The second-order valence-corrected chi connectivity index (χ2v) is 4.97. The van der Waals surface area contributed by atoms with Gasteiger partial charge < -0.3 is 10.5 Å². The summed E-state index contributed by atoms with van der Waals surface area (Å²) >= 11 is 1.62. The molecular formula is C13H12FNOS. The summed E-state index contributed by atoms with van der Waals surface area (Å²) < 4.78 is 19.0. The lowest BCUT2D eigenvalue weighted by molar-refractivity contribution is 0.161. The lowest BCUT2D eigenvalue weighted by Gasteiger charge is -2.30. The van der Waals surface area contributed by atoms with Crippen molar-refractivity contribution in [2.75, 3.05) is 0 Å². The topological polar surface area (TPSA) is 35.2 Å². The predicted octanol–water partition coefficient (Wildman–Crippen LogP) is 3.41. The Balaban J connectivity index is 1.97. The Hall–Kier alpha value is -1.39. The minimum absolute atomic E-state index is 0.0643. The van der Waals surface area contributed by atoms with Crippen molar-refractivity contribution in [3.63, 3.8) is 0 Å². The summed E-state index contributed by atoms with van der Waals surface area (Å²) in [4.78, 5) is 0. The molecule has 1 unspecified atom stereocenters. The summed E-state index contributed by atoms with van der Waals surface area (Å²) in [5, 5.41) is 4.05. The molecule has 0 fully saturated rings. The number of nitrogens with two attached hydrogens (primary N) is 1. The van der Waals surface area contributed by atoms with E-state index < -0.39 is 0 Å². The number of hydrogen-bond donors (Lipinski definition) is 1. The van der Waals surface area contributed by atoms with Gasteiger partial charge in [0.25, 0.3) is 0 Å². The van der Waals surface area contributed by atoms with Crippen molar-refractivity contribution < 1.29 is 9.13 Å². The molecule has 0 saturated heterocycles. The molecule has 1 aliphatic heterocycles. The molecule has 1 aliphatic rings. The number of hydrogen-bond acceptors (Lipinski definition) is 3. The first-order valence-corrected chi connectivity index (χ1v) is 6.42. The average Bonchev–Trinajstić information content (AvgIpc) is 2.81. The van der Waals surface area contributed by atoms with Gasteiger partial charge in [-0.05, 0) is 22.9 Å². The molecule has 1 aromatic carbocycles. The molecule has 2 nitrogen and oxygen atoms in total. The van der Waals surface area contributed by atoms with Crippen LogP contribution in [0.3, 0.4) is 0 Å². The summed E-state index contributed by atoms with van der Waals surface area (Å²) in [5.74, 6) is 0.280. The fourth-order valence-corrected chi connectivity index (χ4v) is 2.84. The summed E-state index contributed by atoms with van der Waals surface area (Å²) in [6.45, 7) is 0. The van der Waals surface area contributed by atoms with Gasteiger partial charge in [-0.15, -0.1) is 0 Å². The number of halogens is 1. The zero-order valence-corrected chi connectivity index (χ0v) is 9.91. The van der Waals surface area contributed by atoms with Crippen LogP contribution in [-0.4, -0.2) is 0 Å². The number of rotatable bonds is 1. The molecule has 0 saturated carbocycles. The molecule has 2 heterocycles. The summed E-state index contributed by atoms with van der Waals surface area (Å²) in [6.07, 6.45) is 0.667. The molecule has 0 aliphatic carbocycles. The van der Waals surface area contributed by atoms with Crippen LogP contribution in [0.4, 0.5) is 4.39 Å². The molecule has 0 amide bonds. The highest BCUT2D eigenvalue weighted by Gasteiger charge is 2.27. The van der Waals surface area contributed by atoms with Gasteiger partial charge in [-0.1, -0.05) is 6.07 Å². The Morgan fingerprint density at radius 3 is 3.00 bits per heavy atom. The second kappa shape index (κ2) is 4.13. The Labute approximate surface area is 103 Å². The Kier molecular flexibility index (Phi) is 2.61. The molecule has 2 N–H and O–H groups in total. The molecule has 3 rings (SSSR count). The first kappa shape index (κ1) is 10.7. The Morgan fingerprint density at radius 1 is 1.35 bits per heavy atom. The van der Waals surface area contributed by atoms with Crippen molar-refractivity contribution >= 4 is 11.3 Å². The first-order chi connectivity index (χ1) is 8.24. The third-order valence-electron chi connectivity index (χ3n) is 3.03. The second-order valence-electron chi connectivity index (χ2n) is 4.19. The largest absolute Gasteiger partial charge is 0.485 e. The third kappa shape index (κ3) is 1.94. The van der Waals surface area contributed by atoms with Crippen LogP contribution in [0.5, 0.6) is 5.75 Å². The molecule has 0 radical (unpaired) electrons. The van der Waals surface area contributed by atoms with Crippen LogP contribution >= 0.6 is 11.3 Å². The van der Waals surface area contributed by atoms with Gasteiger partial charge >= 0.3 is 0 Å². The Bertz CT molecular complexity index is 526.